The number of unbranched alkanes of at least 4 members (excludes halogenated alkanes) is 6. The number of rotatable bonds is 12. The summed E-state index contributed by atoms with van der Waals surface area (Å²) in [5, 5.41) is 9.88. The number of likely N-dealkylation sites (tertiary alicyclic amines) is 1. The smallest absolute Gasteiger partial charge is 0.278 e. The van der Waals surface area contributed by atoms with E-state index >= 15 is 0 Å². The van der Waals surface area contributed by atoms with Crippen LogP contribution in [0.15, 0.2) is 10.2 Å². The first-order valence-corrected chi connectivity index (χ1v) is 9.73. The zero-order chi connectivity index (χ0) is 20.2. The highest BCUT2D eigenvalue weighted by Gasteiger charge is 2.48. The third kappa shape index (κ3) is 6.99. The van der Waals surface area contributed by atoms with E-state index in [-0.39, 0.29) is 18.2 Å². The minimum Gasteiger partial charge on any atom is -0.369 e. The summed E-state index contributed by atoms with van der Waals surface area (Å²) in [7, 11) is 0. The molecule has 1 saturated heterocycles. The van der Waals surface area contributed by atoms with Gasteiger partial charge in [0.1, 0.15) is 0 Å². The van der Waals surface area contributed by atoms with Crippen LogP contribution >= 0.6 is 0 Å². The van der Waals surface area contributed by atoms with Gasteiger partial charge in [-0.05, 0) is 12.8 Å². The van der Waals surface area contributed by atoms with Crippen LogP contribution in [0.3, 0.4) is 0 Å². The lowest BCUT2D eigenvalue weighted by molar-refractivity contribution is -0.141. The summed E-state index contributed by atoms with van der Waals surface area (Å²) >= 11 is 0. The van der Waals surface area contributed by atoms with E-state index in [1.165, 1.54) is 0 Å². The fraction of sp³-hybridized carbons (Fsp3) is 0.722. The molecule has 0 spiro atoms. The van der Waals surface area contributed by atoms with Crippen molar-refractivity contribution in [1.82, 2.24) is 10.2 Å². The predicted octanol–water partition coefficient (Wildman–Crippen LogP) is 0.878. The molecule has 1 unspecified atom stereocenters. The van der Waals surface area contributed by atoms with Gasteiger partial charge in [0.25, 0.3) is 5.91 Å². The molecule has 0 saturated carbocycles. The first-order chi connectivity index (χ1) is 12.9. The largest absolute Gasteiger partial charge is 0.369 e. The molecule has 0 radical (unpaired) electrons. The predicted molar refractivity (Wildman–Crippen MR) is 105 cm³/mol. The summed E-state index contributed by atoms with van der Waals surface area (Å²) in [5.74, 6) is -3.34. The van der Waals surface area contributed by atoms with E-state index in [2.05, 4.69) is 29.4 Å². The Morgan fingerprint density at radius 2 is 1.67 bits per heavy atom. The molecule has 27 heavy (non-hydrogen) atoms. The Kier molecular flexibility index (Phi) is 10.1. The summed E-state index contributed by atoms with van der Waals surface area (Å²) in [4.78, 5) is 38.8. The van der Waals surface area contributed by atoms with Crippen LogP contribution in [-0.2, 0) is 14.4 Å². The fourth-order valence-electron chi connectivity index (χ4n) is 2.86. The molecule has 9 heteroatoms. The van der Waals surface area contributed by atoms with Crippen LogP contribution in [0.4, 0.5) is 0 Å². The number of hydrogen-bond acceptors (Lipinski definition) is 5. The van der Waals surface area contributed by atoms with Crippen molar-refractivity contribution in [2.24, 2.45) is 27.6 Å². The highest BCUT2D eigenvalue weighted by atomic mass is 16.2. The molecule has 1 rings (SSSR count). The highest BCUT2D eigenvalue weighted by molar-refractivity contribution is 6.54. The van der Waals surface area contributed by atoms with Gasteiger partial charge in [-0.2, -0.15) is 0 Å². The minimum atomic E-state index is -1.29. The summed E-state index contributed by atoms with van der Waals surface area (Å²) in [6.45, 7) is 4.89. The molecule has 1 aliphatic rings. The molecule has 5 N–H and O–H groups in total. The number of carbonyl (C=O) groups is 3. The Balaban J connectivity index is 2.84. The molecule has 0 aromatic rings. The van der Waals surface area contributed by atoms with Crippen LogP contribution in [0.1, 0.15) is 65.2 Å². The normalized spacial score (nSPS) is 18.2. The topological polar surface area (TPSA) is 143 Å². The van der Waals surface area contributed by atoms with Gasteiger partial charge in [0.05, 0.1) is 0 Å². The van der Waals surface area contributed by atoms with E-state index in [9.17, 15) is 14.4 Å². The van der Waals surface area contributed by atoms with Gasteiger partial charge in [-0.3, -0.25) is 19.3 Å². The number of nitrogens with one attached hydrogen (secondary N) is 1. The number of nitrogens with two attached hydrogens (primary N) is 2. The molecule has 152 valence electrons. The first kappa shape index (κ1) is 22.6. The van der Waals surface area contributed by atoms with E-state index in [1.807, 2.05) is 0 Å². The average molecular weight is 380 g/mol. The Hall–Kier alpha value is -2.45. The van der Waals surface area contributed by atoms with Gasteiger partial charge < -0.3 is 16.8 Å². The third-order valence-corrected chi connectivity index (χ3v) is 4.35. The SMILES string of the molecule is CCCCCCNC(=O)C1C(=O)N(CCCCCC)C(=O)/C1=N\N=C(N)N. The van der Waals surface area contributed by atoms with Crippen molar-refractivity contribution >= 4 is 29.4 Å². The van der Waals surface area contributed by atoms with Gasteiger partial charge in [-0.1, -0.05) is 52.4 Å². The van der Waals surface area contributed by atoms with E-state index in [0.29, 0.717) is 13.0 Å². The van der Waals surface area contributed by atoms with Crippen LogP contribution in [0, 0.1) is 5.92 Å². The summed E-state index contributed by atoms with van der Waals surface area (Å²) < 4.78 is 0. The lowest BCUT2D eigenvalue weighted by atomic mass is 10.1. The maximum absolute atomic E-state index is 12.7. The second-order valence-corrected chi connectivity index (χ2v) is 6.65. The number of amides is 3. The molecule has 0 aromatic carbocycles. The Labute approximate surface area is 160 Å². The molecule has 1 atom stereocenters. The van der Waals surface area contributed by atoms with Crippen LogP contribution in [-0.4, -0.2) is 47.4 Å². The summed E-state index contributed by atoms with van der Waals surface area (Å²) in [5.41, 5.74) is 10.3. The maximum Gasteiger partial charge on any atom is 0.278 e. The van der Waals surface area contributed by atoms with Crippen LogP contribution < -0.4 is 16.8 Å². The molecule has 0 aliphatic carbocycles. The Morgan fingerprint density at radius 3 is 2.26 bits per heavy atom. The van der Waals surface area contributed by atoms with Gasteiger partial charge >= 0.3 is 0 Å². The Bertz CT molecular complexity index is 584. The molecule has 9 nitrogen and oxygen atoms in total. The maximum atomic E-state index is 12.7. The monoisotopic (exact) mass is 380 g/mol. The summed E-state index contributed by atoms with van der Waals surface area (Å²) in [6.07, 6.45) is 7.64. The number of nitrogens with zero attached hydrogens (tertiary/aromatic N) is 3. The van der Waals surface area contributed by atoms with E-state index in [0.717, 1.165) is 49.8 Å². The molecular weight excluding hydrogens is 348 g/mol. The molecule has 1 heterocycles. The average Bonchev–Trinajstić information content (AvgIpc) is 2.86. The van der Waals surface area contributed by atoms with Gasteiger partial charge in [-0.15, -0.1) is 10.2 Å². The number of hydrogen-bond donors (Lipinski definition) is 3. The van der Waals surface area contributed by atoms with Gasteiger partial charge in [0.15, 0.2) is 11.6 Å². The van der Waals surface area contributed by atoms with E-state index < -0.39 is 23.6 Å². The molecular formula is C18H32N6O3. The van der Waals surface area contributed by atoms with E-state index in [4.69, 9.17) is 11.5 Å². The van der Waals surface area contributed by atoms with Gasteiger partial charge in [0, 0.05) is 13.1 Å². The Morgan fingerprint density at radius 1 is 1.04 bits per heavy atom. The molecule has 1 fully saturated rings. The first-order valence-electron chi connectivity index (χ1n) is 9.73. The standard InChI is InChI=1S/C18H32N6O3/c1-3-5-7-9-11-21-15(25)13-14(22-23-18(19)20)17(27)24(16(13)26)12-10-8-6-4-2/h13H,3-12H2,1-2H3,(H,21,25)(H4,19,20,23)/b22-14-. The highest BCUT2D eigenvalue weighted by Crippen LogP contribution is 2.19. The van der Waals surface area contributed by atoms with Gasteiger partial charge in [-0.25, -0.2) is 0 Å². The fourth-order valence-corrected chi connectivity index (χ4v) is 2.86. The van der Waals surface area contributed by atoms with Crippen molar-refractivity contribution in [2.45, 2.75) is 65.2 Å². The van der Waals surface area contributed by atoms with Crippen molar-refractivity contribution < 1.29 is 14.4 Å². The quantitative estimate of drug-likeness (QED) is 0.115. The number of guanidine groups is 1. The van der Waals surface area contributed by atoms with Crippen molar-refractivity contribution in [3.8, 4) is 0 Å². The molecule has 3 amide bonds. The molecule has 0 bridgehead atoms. The van der Waals surface area contributed by atoms with Crippen molar-refractivity contribution in [2.75, 3.05) is 13.1 Å². The second-order valence-electron chi connectivity index (χ2n) is 6.65. The lowest BCUT2D eigenvalue weighted by Crippen LogP contribution is -2.39. The zero-order valence-electron chi connectivity index (χ0n) is 16.4. The minimum absolute atomic E-state index is 0.227. The third-order valence-electron chi connectivity index (χ3n) is 4.35. The van der Waals surface area contributed by atoms with Crippen molar-refractivity contribution in [1.29, 1.82) is 0 Å². The molecule has 0 aromatic heterocycles. The summed E-state index contributed by atoms with van der Waals surface area (Å²) in [6, 6.07) is 0. The van der Waals surface area contributed by atoms with Crippen molar-refractivity contribution in [3.05, 3.63) is 0 Å². The van der Waals surface area contributed by atoms with Crippen LogP contribution in [0.2, 0.25) is 0 Å². The van der Waals surface area contributed by atoms with E-state index in [1.54, 1.807) is 0 Å². The van der Waals surface area contributed by atoms with Crippen molar-refractivity contribution in [3.63, 3.8) is 0 Å². The van der Waals surface area contributed by atoms with Crippen LogP contribution in [0.5, 0.6) is 0 Å². The zero-order valence-corrected chi connectivity index (χ0v) is 16.4. The number of carbonyl (C=O) groups excluding carboxylic acids is 3. The van der Waals surface area contributed by atoms with Crippen LogP contribution in [0.25, 0.3) is 0 Å². The lowest BCUT2D eigenvalue weighted by Gasteiger charge is -2.13. The molecule has 1 aliphatic heterocycles. The van der Waals surface area contributed by atoms with Gasteiger partial charge in [0.2, 0.25) is 17.8 Å². The number of imide groups is 1. The second kappa shape index (κ2) is 12.0.